The largest absolute Gasteiger partial charge is 0.467 e. The lowest BCUT2D eigenvalue weighted by Crippen LogP contribution is -2.54. The normalized spacial score (nSPS) is 14.8. The van der Waals surface area contributed by atoms with Gasteiger partial charge in [0.2, 0.25) is 29.5 Å². The van der Waals surface area contributed by atoms with E-state index in [1.807, 2.05) is 5.32 Å². The summed E-state index contributed by atoms with van der Waals surface area (Å²) in [5.41, 5.74) is 16.1. The Morgan fingerprint density at radius 3 is 1.88 bits per heavy atom. The molecule has 0 radical (unpaired) electrons. The molecule has 10 N–H and O–H groups in total. The van der Waals surface area contributed by atoms with Crippen molar-refractivity contribution in [2.24, 2.45) is 17.2 Å². The van der Waals surface area contributed by atoms with Crippen molar-refractivity contribution in [1.82, 2.24) is 21.3 Å². The van der Waals surface area contributed by atoms with Gasteiger partial charge in [0.05, 0.1) is 19.2 Å². The third-order valence-corrected chi connectivity index (χ3v) is 5.88. The second-order valence-electron chi connectivity index (χ2n) is 9.46. The van der Waals surface area contributed by atoms with Crippen LogP contribution in [0.2, 0.25) is 0 Å². The lowest BCUT2D eigenvalue weighted by molar-refractivity contribution is -0.173. The van der Waals surface area contributed by atoms with E-state index >= 15 is 0 Å². The van der Waals surface area contributed by atoms with Gasteiger partial charge in [-0.05, 0) is 52.5 Å². The van der Waals surface area contributed by atoms with Crippen LogP contribution in [0.15, 0.2) is 0 Å². The number of rotatable bonds is 19. The number of primary amides is 1. The third-order valence-electron chi connectivity index (χ3n) is 5.88. The Bertz CT molecular complexity index is 980. The quantitative estimate of drug-likeness (QED) is 0.0611. The molecular weight excluding hydrogens is 571 g/mol. The van der Waals surface area contributed by atoms with Crippen molar-refractivity contribution in [3.63, 3.8) is 0 Å². The fourth-order valence-corrected chi connectivity index (χ4v) is 3.43. The zero-order valence-corrected chi connectivity index (χ0v) is 23.7. The van der Waals surface area contributed by atoms with Crippen molar-refractivity contribution < 1.29 is 51.5 Å². The molecule has 42 heavy (non-hydrogen) atoms. The summed E-state index contributed by atoms with van der Waals surface area (Å²) in [4.78, 5) is 84.3. The number of carbonyl (C=O) groups is 7. The van der Waals surface area contributed by atoms with E-state index in [0.717, 1.165) is 14.0 Å². The standard InChI is InChI=1S/C24H40F3N7O8/c1-12(19(37)24(25,26)27)31-22(40)15(6-4-5-11-28)33-18(36)10-8-16(23(41)42-3)34-20(38)13(2)32-21(39)14(29)7-9-17(30)35/h12-16H,4-11,28-29H2,1-3H3,(H2,30,35)(H,31,40)(H,32,39)(H,33,36)(H,34,38)/t12?,13-,14-,15-,16-/m0/s1. The zero-order chi connectivity index (χ0) is 32.6. The second kappa shape index (κ2) is 18.6. The average molecular weight is 612 g/mol. The number of ether oxygens (including phenoxy) is 1. The Morgan fingerprint density at radius 1 is 0.762 bits per heavy atom. The Kier molecular flexibility index (Phi) is 16.9. The lowest BCUT2D eigenvalue weighted by atomic mass is 10.1. The molecule has 0 aromatic rings. The van der Waals surface area contributed by atoms with Crippen LogP contribution in [0.5, 0.6) is 0 Å². The first-order valence-corrected chi connectivity index (χ1v) is 13.1. The maximum Gasteiger partial charge on any atom is 0.452 e. The number of unbranched alkanes of at least 4 members (excludes halogenated alkanes) is 1. The molecule has 5 amide bonds. The monoisotopic (exact) mass is 611 g/mol. The van der Waals surface area contributed by atoms with Gasteiger partial charge in [-0.25, -0.2) is 4.79 Å². The van der Waals surface area contributed by atoms with Crippen molar-refractivity contribution in [3.8, 4) is 0 Å². The van der Waals surface area contributed by atoms with Crippen LogP contribution < -0.4 is 38.5 Å². The smallest absolute Gasteiger partial charge is 0.452 e. The van der Waals surface area contributed by atoms with E-state index in [2.05, 4.69) is 20.7 Å². The van der Waals surface area contributed by atoms with Crippen molar-refractivity contribution in [1.29, 1.82) is 0 Å². The summed E-state index contributed by atoms with van der Waals surface area (Å²) in [7, 11) is 1.03. The molecule has 0 aliphatic heterocycles. The predicted molar refractivity (Wildman–Crippen MR) is 141 cm³/mol. The van der Waals surface area contributed by atoms with Crippen LogP contribution in [0, 0.1) is 0 Å². The number of ketones is 1. The number of esters is 1. The first kappa shape index (κ1) is 38.2. The molecule has 1 unspecified atom stereocenters. The van der Waals surface area contributed by atoms with Crippen LogP contribution in [0.25, 0.3) is 0 Å². The van der Waals surface area contributed by atoms with Gasteiger partial charge in [-0.2, -0.15) is 13.2 Å². The highest BCUT2D eigenvalue weighted by atomic mass is 19.4. The molecule has 0 heterocycles. The van der Waals surface area contributed by atoms with E-state index in [4.69, 9.17) is 17.2 Å². The van der Waals surface area contributed by atoms with Crippen LogP contribution in [-0.2, 0) is 38.3 Å². The van der Waals surface area contributed by atoms with Crippen LogP contribution >= 0.6 is 0 Å². The average Bonchev–Trinajstić information content (AvgIpc) is 2.91. The summed E-state index contributed by atoms with van der Waals surface area (Å²) < 4.78 is 42.7. The number of hydrogen-bond acceptors (Lipinski definition) is 10. The Morgan fingerprint density at radius 2 is 1.36 bits per heavy atom. The van der Waals surface area contributed by atoms with Gasteiger partial charge in [0.25, 0.3) is 5.78 Å². The molecule has 0 rings (SSSR count). The summed E-state index contributed by atoms with van der Waals surface area (Å²) in [5.74, 6) is -7.16. The maximum atomic E-state index is 12.7. The van der Waals surface area contributed by atoms with Crippen LogP contribution in [0.3, 0.4) is 0 Å². The number of carbonyl (C=O) groups excluding carboxylic acids is 7. The number of alkyl halides is 3. The SMILES string of the molecule is COC(=O)[C@H](CCC(=O)N[C@@H](CCCCN)C(=O)NC(C)C(=O)C(F)(F)F)NC(=O)[C@H](C)NC(=O)[C@@H](N)CCC(N)=O. The van der Waals surface area contributed by atoms with E-state index in [-0.39, 0.29) is 32.2 Å². The van der Waals surface area contributed by atoms with Crippen LogP contribution in [-0.4, -0.2) is 91.3 Å². The zero-order valence-electron chi connectivity index (χ0n) is 23.7. The van der Waals surface area contributed by atoms with Gasteiger partial charge in [0.15, 0.2) is 0 Å². The highest BCUT2D eigenvalue weighted by Crippen LogP contribution is 2.18. The van der Waals surface area contributed by atoms with Gasteiger partial charge in [0.1, 0.15) is 18.1 Å². The minimum absolute atomic E-state index is 0.00232. The molecule has 0 saturated carbocycles. The van der Waals surface area contributed by atoms with E-state index < -0.39 is 84.1 Å². The minimum atomic E-state index is -5.17. The summed E-state index contributed by atoms with van der Waals surface area (Å²) in [5, 5.41) is 8.93. The summed E-state index contributed by atoms with van der Waals surface area (Å²) in [6.07, 6.45) is -5.36. The van der Waals surface area contributed by atoms with E-state index in [9.17, 15) is 46.7 Å². The topological polar surface area (TPSA) is 255 Å². The molecular formula is C24H40F3N7O8. The van der Waals surface area contributed by atoms with Crippen molar-refractivity contribution in [3.05, 3.63) is 0 Å². The first-order valence-electron chi connectivity index (χ1n) is 13.1. The molecule has 5 atom stereocenters. The fraction of sp³-hybridized carbons (Fsp3) is 0.708. The maximum absolute atomic E-state index is 12.7. The summed E-state index contributed by atoms with van der Waals surface area (Å²) >= 11 is 0. The lowest BCUT2D eigenvalue weighted by Gasteiger charge is -2.23. The highest BCUT2D eigenvalue weighted by molar-refractivity contribution is 5.95. The molecule has 0 fully saturated rings. The number of Topliss-reactive ketones (excluding diaryl/α,β-unsaturated/α-hetero) is 1. The summed E-state index contributed by atoms with van der Waals surface area (Å²) in [6, 6.07) is -6.88. The number of hydrogen-bond donors (Lipinski definition) is 7. The fourth-order valence-electron chi connectivity index (χ4n) is 3.43. The number of halogens is 3. The second-order valence-corrected chi connectivity index (χ2v) is 9.46. The van der Waals surface area contributed by atoms with E-state index in [1.54, 1.807) is 0 Å². The number of methoxy groups -OCH3 is 1. The molecule has 0 aromatic carbocycles. The molecule has 0 aliphatic rings. The Labute approximate surface area is 240 Å². The van der Waals surface area contributed by atoms with Gasteiger partial charge in [0, 0.05) is 12.8 Å². The molecule has 15 nitrogen and oxygen atoms in total. The van der Waals surface area contributed by atoms with Crippen LogP contribution in [0.4, 0.5) is 13.2 Å². The summed E-state index contributed by atoms with van der Waals surface area (Å²) in [6.45, 7) is 2.41. The van der Waals surface area contributed by atoms with Crippen molar-refractivity contribution >= 4 is 41.3 Å². The Balaban J connectivity index is 5.26. The third kappa shape index (κ3) is 14.7. The predicted octanol–water partition coefficient (Wildman–Crippen LogP) is -2.23. The first-order chi connectivity index (χ1) is 19.4. The number of amides is 5. The van der Waals surface area contributed by atoms with Gasteiger partial charge in [-0.3, -0.25) is 28.8 Å². The highest BCUT2D eigenvalue weighted by Gasteiger charge is 2.42. The molecule has 0 spiro atoms. The number of nitrogens with two attached hydrogens (primary N) is 3. The molecule has 0 aromatic heterocycles. The molecule has 240 valence electrons. The molecule has 0 bridgehead atoms. The van der Waals surface area contributed by atoms with E-state index in [1.165, 1.54) is 6.92 Å². The van der Waals surface area contributed by atoms with Crippen molar-refractivity contribution in [2.45, 2.75) is 95.2 Å². The Hall–Kier alpha value is -3.80. The van der Waals surface area contributed by atoms with Gasteiger partial charge in [-0.1, -0.05) is 0 Å². The van der Waals surface area contributed by atoms with Gasteiger partial charge < -0.3 is 43.2 Å². The number of nitrogens with one attached hydrogen (secondary N) is 4. The van der Waals surface area contributed by atoms with E-state index in [0.29, 0.717) is 12.8 Å². The van der Waals surface area contributed by atoms with Crippen LogP contribution in [0.1, 0.15) is 58.8 Å². The van der Waals surface area contributed by atoms with Gasteiger partial charge in [-0.15, -0.1) is 0 Å². The van der Waals surface area contributed by atoms with Crippen molar-refractivity contribution in [2.75, 3.05) is 13.7 Å². The molecule has 0 aliphatic carbocycles. The minimum Gasteiger partial charge on any atom is -0.467 e. The van der Waals surface area contributed by atoms with Gasteiger partial charge >= 0.3 is 12.1 Å². The molecule has 0 saturated heterocycles. The molecule has 18 heteroatoms.